The third-order valence-corrected chi connectivity index (χ3v) is 3.91. The molecule has 0 saturated carbocycles. The third-order valence-electron chi connectivity index (χ3n) is 3.91. The predicted octanol–water partition coefficient (Wildman–Crippen LogP) is 4.37. The van der Waals surface area contributed by atoms with E-state index >= 15 is 0 Å². The topological polar surface area (TPSA) is 83.4 Å². The number of amides is 1. The predicted molar refractivity (Wildman–Crippen MR) is 113 cm³/mol. The van der Waals surface area contributed by atoms with Gasteiger partial charge in [-0.3, -0.25) is 0 Å². The lowest BCUT2D eigenvalue weighted by Gasteiger charge is -2.18. The highest BCUT2D eigenvalue weighted by molar-refractivity contribution is 6.38. The van der Waals surface area contributed by atoms with Crippen LogP contribution in [0.3, 0.4) is 0 Å². The van der Waals surface area contributed by atoms with Gasteiger partial charge in [-0.2, -0.15) is 4.99 Å². The lowest BCUT2D eigenvalue weighted by atomic mass is 10.1. The van der Waals surface area contributed by atoms with Crippen molar-refractivity contribution in [2.24, 2.45) is 4.99 Å². The maximum absolute atomic E-state index is 12.2. The zero-order valence-corrected chi connectivity index (χ0v) is 17.9. The van der Waals surface area contributed by atoms with Crippen LogP contribution in [-0.2, 0) is 27.3 Å². The summed E-state index contributed by atoms with van der Waals surface area (Å²) in [6.45, 7) is 5.49. The summed E-state index contributed by atoms with van der Waals surface area (Å²) >= 11 is 0. The summed E-state index contributed by atoms with van der Waals surface area (Å²) < 4.78 is 21.2. The maximum Gasteiger partial charge on any atom is 0.434 e. The number of nitrogens with zero attached hydrogens (tertiary/aromatic N) is 1. The van der Waals surface area contributed by atoms with Gasteiger partial charge in [-0.25, -0.2) is 9.59 Å². The number of methoxy groups -OCH3 is 2. The number of benzene rings is 2. The van der Waals surface area contributed by atoms with Crippen molar-refractivity contribution >= 4 is 17.8 Å². The molecule has 0 aromatic heterocycles. The van der Waals surface area contributed by atoms with E-state index in [1.54, 1.807) is 46.1 Å². The first-order valence-electron chi connectivity index (χ1n) is 9.44. The summed E-state index contributed by atoms with van der Waals surface area (Å²) in [6, 6.07) is 14.9. The number of hydrogen-bond acceptors (Lipinski definition) is 6. The molecule has 0 bridgehead atoms. The van der Waals surface area contributed by atoms with Gasteiger partial charge >= 0.3 is 12.1 Å². The van der Waals surface area contributed by atoms with Crippen molar-refractivity contribution < 1.29 is 28.5 Å². The van der Waals surface area contributed by atoms with Crippen LogP contribution in [0.25, 0.3) is 0 Å². The van der Waals surface area contributed by atoms with E-state index in [-0.39, 0.29) is 12.1 Å². The van der Waals surface area contributed by atoms with Crippen molar-refractivity contribution in [2.75, 3.05) is 14.2 Å². The number of aliphatic imine (C=N–C) groups is 1. The summed E-state index contributed by atoms with van der Waals surface area (Å²) in [4.78, 5) is 28.1. The summed E-state index contributed by atoms with van der Waals surface area (Å²) in [7, 11) is 2.79. The second kappa shape index (κ2) is 10.4. The van der Waals surface area contributed by atoms with Crippen LogP contribution >= 0.6 is 0 Å². The minimum Gasteiger partial charge on any atom is -0.497 e. The molecule has 0 unspecified atom stereocenters. The van der Waals surface area contributed by atoms with Crippen molar-refractivity contribution in [1.29, 1.82) is 0 Å². The molecular formula is C23H27NO6. The smallest absolute Gasteiger partial charge is 0.434 e. The Kier molecular flexibility index (Phi) is 7.98. The number of hydrogen-bond donors (Lipinski definition) is 0. The molecule has 30 heavy (non-hydrogen) atoms. The van der Waals surface area contributed by atoms with E-state index in [1.807, 2.05) is 30.3 Å². The number of esters is 1. The van der Waals surface area contributed by atoms with E-state index in [1.165, 1.54) is 7.11 Å². The minimum atomic E-state index is -0.858. The number of carbonyl (C=O) groups is 2. The lowest BCUT2D eigenvalue weighted by Crippen LogP contribution is -2.25. The van der Waals surface area contributed by atoms with Crippen molar-refractivity contribution in [3.63, 3.8) is 0 Å². The molecule has 0 heterocycles. The summed E-state index contributed by atoms with van der Waals surface area (Å²) in [5.74, 6) is 0.398. The molecular weight excluding hydrogens is 386 g/mol. The fraction of sp³-hybridized carbons (Fsp3) is 0.348. The lowest BCUT2D eigenvalue weighted by molar-refractivity contribution is -0.132. The Morgan fingerprint density at radius 1 is 1.00 bits per heavy atom. The Balaban J connectivity index is 2.29. The van der Waals surface area contributed by atoms with E-state index in [0.717, 1.165) is 5.56 Å². The second-order valence-corrected chi connectivity index (χ2v) is 7.46. The van der Waals surface area contributed by atoms with Gasteiger partial charge < -0.3 is 18.9 Å². The van der Waals surface area contributed by atoms with Crippen LogP contribution in [0.2, 0.25) is 0 Å². The molecule has 0 aliphatic rings. The van der Waals surface area contributed by atoms with Gasteiger partial charge in [0.1, 0.15) is 29.4 Å². The molecule has 2 rings (SSSR count). The fourth-order valence-corrected chi connectivity index (χ4v) is 2.53. The van der Waals surface area contributed by atoms with Gasteiger partial charge in [0.05, 0.1) is 14.2 Å². The number of rotatable bonds is 7. The van der Waals surface area contributed by atoms with Crippen LogP contribution in [0.1, 0.15) is 31.9 Å². The van der Waals surface area contributed by atoms with Crippen molar-refractivity contribution in [3.05, 3.63) is 59.7 Å². The Hall–Kier alpha value is -3.35. The SMILES string of the molecule is COC(=O)C(Cc1ccc(OC)cc1OCc1ccccc1)=NC(=O)OC(C)(C)C. The molecule has 2 aromatic carbocycles. The minimum absolute atomic E-state index is 0.0278. The molecule has 0 radical (unpaired) electrons. The molecule has 0 saturated heterocycles. The Labute approximate surface area is 176 Å². The molecule has 7 nitrogen and oxygen atoms in total. The average Bonchev–Trinajstić information content (AvgIpc) is 2.71. The van der Waals surface area contributed by atoms with Gasteiger partial charge in [-0.05, 0) is 32.4 Å². The number of carbonyl (C=O) groups excluding carboxylic acids is 2. The van der Waals surface area contributed by atoms with E-state index in [9.17, 15) is 9.59 Å². The highest BCUT2D eigenvalue weighted by Crippen LogP contribution is 2.27. The Bertz CT molecular complexity index is 900. The zero-order chi connectivity index (χ0) is 22.1. The van der Waals surface area contributed by atoms with Crippen LogP contribution in [0.5, 0.6) is 11.5 Å². The molecule has 2 aromatic rings. The van der Waals surface area contributed by atoms with Crippen molar-refractivity contribution in [2.45, 2.75) is 39.4 Å². The molecule has 0 aliphatic carbocycles. The van der Waals surface area contributed by atoms with Gasteiger partial charge in [-0.1, -0.05) is 36.4 Å². The molecule has 0 aliphatic heterocycles. The molecule has 1 amide bonds. The van der Waals surface area contributed by atoms with E-state index < -0.39 is 17.7 Å². The standard InChI is InChI=1S/C23H27NO6/c1-23(2,3)30-22(26)24-19(21(25)28-5)13-17-11-12-18(27-4)14-20(17)29-15-16-9-7-6-8-10-16/h6-12,14H,13,15H2,1-5H3. The molecule has 0 spiro atoms. The summed E-state index contributed by atoms with van der Waals surface area (Å²) in [5.41, 5.74) is 0.828. The largest absolute Gasteiger partial charge is 0.497 e. The first-order chi connectivity index (χ1) is 14.2. The van der Waals surface area contributed by atoms with Gasteiger partial charge in [0.2, 0.25) is 0 Å². The van der Waals surface area contributed by atoms with E-state index in [2.05, 4.69) is 4.99 Å². The van der Waals surface area contributed by atoms with Gasteiger partial charge in [0.15, 0.2) is 0 Å². The molecule has 0 atom stereocenters. The zero-order valence-electron chi connectivity index (χ0n) is 17.9. The first kappa shape index (κ1) is 22.9. The summed E-state index contributed by atoms with van der Waals surface area (Å²) in [6.07, 6.45) is -0.830. The first-order valence-corrected chi connectivity index (χ1v) is 9.44. The molecule has 0 fully saturated rings. The van der Waals surface area contributed by atoms with Gasteiger partial charge in [-0.15, -0.1) is 0 Å². The van der Waals surface area contributed by atoms with Crippen LogP contribution in [0.15, 0.2) is 53.5 Å². The molecule has 0 N–H and O–H groups in total. The number of ether oxygens (including phenoxy) is 4. The van der Waals surface area contributed by atoms with E-state index in [4.69, 9.17) is 18.9 Å². The molecule has 7 heteroatoms. The highest BCUT2D eigenvalue weighted by atomic mass is 16.6. The van der Waals surface area contributed by atoms with Crippen LogP contribution in [-0.4, -0.2) is 37.6 Å². The second-order valence-electron chi connectivity index (χ2n) is 7.46. The van der Waals surface area contributed by atoms with Crippen LogP contribution < -0.4 is 9.47 Å². The monoisotopic (exact) mass is 413 g/mol. The van der Waals surface area contributed by atoms with Gasteiger partial charge in [0.25, 0.3) is 0 Å². The average molecular weight is 413 g/mol. The fourth-order valence-electron chi connectivity index (χ4n) is 2.53. The van der Waals surface area contributed by atoms with Crippen LogP contribution in [0, 0.1) is 0 Å². The Morgan fingerprint density at radius 2 is 1.70 bits per heavy atom. The van der Waals surface area contributed by atoms with Crippen molar-refractivity contribution in [3.8, 4) is 11.5 Å². The molecule has 160 valence electrons. The third kappa shape index (κ3) is 7.24. The highest BCUT2D eigenvalue weighted by Gasteiger charge is 2.21. The van der Waals surface area contributed by atoms with Gasteiger partial charge in [0, 0.05) is 18.1 Å². The van der Waals surface area contributed by atoms with E-state index in [0.29, 0.717) is 23.7 Å². The quantitative estimate of drug-likeness (QED) is 0.495. The Morgan fingerprint density at radius 3 is 2.30 bits per heavy atom. The van der Waals surface area contributed by atoms with Crippen LogP contribution in [0.4, 0.5) is 4.79 Å². The summed E-state index contributed by atoms with van der Waals surface area (Å²) in [5, 5.41) is 0. The van der Waals surface area contributed by atoms with Crippen molar-refractivity contribution in [1.82, 2.24) is 0 Å². The normalized spacial score (nSPS) is 11.6. The maximum atomic E-state index is 12.2.